The highest BCUT2D eigenvalue weighted by atomic mass is 16.6. The average Bonchev–Trinajstić information content (AvgIpc) is 3.51. The normalized spacial score (nSPS) is 25.9. The Balaban J connectivity index is 1.46. The van der Waals surface area contributed by atoms with E-state index in [1.54, 1.807) is 6.07 Å². The van der Waals surface area contributed by atoms with Gasteiger partial charge in [0.05, 0.1) is 41.8 Å². The molecule has 1 aromatic heterocycles. The van der Waals surface area contributed by atoms with Crippen molar-refractivity contribution in [2.75, 3.05) is 7.11 Å². The van der Waals surface area contributed by atoms with Crippen molar-refractivity contribution < 1.29 is 19.2 Å². The summed E-state index contributed by atoms with van der Waals surface area (Å²) < 4.78 is 7.28. The van der Waals surface area contributed by atoms with E-state index in [9.17, 15) is 19.7 Å². The van der Waals surface area contributed by atoms with Crippen molar-refractivity contribution in [2.45, 2.75) is 20.3 Å². The molecule has 32 heavy (non-hydrogen) atoms. The lowest BCUT2D eigenvalue weighted by atomic mass is 9.85. The first-order valence-corrected chi connectivity index (χ1v) is 10.4. The molecule has 4 unspecified atom stereocenters. The molecule has 5 rings (SSSR count). The van der Waals surface area contributed by atoms with Crippen LogP contribution in [-0.2, 0) is 9.59 Å². The minimum Gasteiger partial charge on any atom is -0.494 e. The SMILES string of the molecule is COc1cc([N+](=O)[O-])ccc1-n1c(C)cc(C=NN2C(=O)C3C4C=CC(C4)C3C2=O)c1C. The Labute approximate surface area is 184 Å². The molecule has 3 aliphatic rings. The number of ether oxygens (including phenoxy) is 1. The minimum atomic E-state index is -0.471. The van der Waals surface area contributed by atoms with E-state index < -0.39 is 4.92 Å². The van der Waals surface area contributed by atoms with Crippen LogP contribution in [0.4, 0.5) is 5.69 Å². The molecule has 1 saturated heterocycles. The molecule has 0 spiro atoms. The maximum absolute atomic E-state index is 12.8. The first-order valence-electron chi connectivity index (χ1n) is 10.4. The van der Waals surface area contributed by atoms with Crippen molar-refractivity contribution in [2.24, 2.45) is 28.8 Å². The highest BCUT2D eigenvalue weighted by molar-refractivity contribution is 6.06. The summed E-state index contributed by atoms with van der Waals surface area (Å²) in [7, 11) is 1.46. The number of hydrogen-bond donors (Lipinski definition) is 0. The summed E-state index contributed by atoms with van der Waals surface area (Å²) in [6.45, 7) is 3.77. The van der Waals surface area contributed by atoms with Crippen LogP contribution in [0.3, 0.4) is 0 Å². The third-order valence-corrected chi connectivity index (χ3v) is 6.84. The van der Waals surface area contributed by atoms with Gasteiger partial charge in [0, 0.05) is 23.0 Å². The molecule has 1 aliphatic heterocycles. The van der Waals surface area contributed by atoms with Crippen LogP contribution in [0.25, 0.3) is 5.69 Å². The summed E-state index contributed by atoms with van der Waals surface area (Å²) in [4.78, 5) is 36.3. The van der Waals surface area contributed by atoms with Gasteiger partial charge in [0.1, 0.15) is 5.75 Å². The topological polar surface area (TPSA) is 107 Å². The third-order valence-electron chi connectivity index (χ3n) is 6.84. The van der Waals surface area contributed by atoms with Gasteiger partial charge in [-0.2, -0.15) is 10.1 Å². The Morgan fingerprint density at radius 3 is 2.38 bits per heavy atom. The van der Waals surface area contributed by atoms with Gasteiger partial charge >= 0.3 is 0 Å². The Hall–Kier alpha value is -3.75. The van der Waals surface area contributed by atoms with E-state index in [4.69, 9.17) is 4.74 Å². The Morgan fingerprint density at radius 2 is 1.78 bits per heavy atom. The lowest BCUT2D eigenvalue weighted by Crippen LogP contribution is -2.28. The molecule has 1 aromatic carbocycles. The van der Waals surface area contributed by atoms with E-state index in [0.717, 1.165) is 28.4 Å². The van der Waals surface area contributed by atoms with Gasteiger partial charge in [-0.25, -0.2) is 0 Å². The van der Waals surface area contributed by atoms with Gasteiger partial charge < -0.3 is 9.30 Å². The van der Waals surface area contributed by atoms with Crippen LogP contribution < -0.4 is 4.74 Å². The number of non-ortho nitro benzene ring substituents is 1. The van der Waals surface area contributed by atoms with Crippen LogP contribution in [0.1, 0.15) is 23.4 Å². The zero-order valence-electron chi connectivity index (χ0n) is 17.9. The first kappa shape index (κ1) is 20.2. The van der Waals surface area contributed by atoms with E-state index in [2.05, 4.69) is 17.3 Å². The Morgan fingerprint density at radius 1 is 1.12 bits per heavy atom. The third kappa shape index (κ3) is 2.80. The van der Waals surface area contributed by atoms with Gasteiger partial charge in [0.15, 0.2) is 0 Å². The standard InChI is InChI=1S/C23H22N4O5/c1-12-8-16(13(2)25(12)18-7-6-17(27(30)31)10-19(18)32-3)11-24-26-22(28)20-14-4-5-15(9-14)21(20)23(26)29/h4-8,10-11,14-15,20-21H,9H2,1-3H3. The van der Waals surface area contributed by atoms with E-state index in [1.165, 1.54) is 25.5 Å². The zero-order valence-corrected chi connectivity index (χ0v) is 17.9. The number of fused-ring (bicyclic) bond motifs is 5. The van der Waals surface area contributed by atoms with Crippen LogP contribution >= 0.6 is 0 Å². The van der Waals surface area contributed by atoms with Crippen molar-refractivity contribution in [3.8, 4) is 11.4 Å². The molecular formula is C23H22N4O5. The zero-order chi connectivity index (χ0) is 22.7. The second-order valence-corrected chi connectivity index (χ2v) is 8.51. The summed E-state index contributed by atoms with van der Waals surface area (Å²) in [6.07, 6.45) is 6.51. The van der Waals surface area contributed by atoms with Crippen LogP contribution in [-0.4, -0.2) is 39.6 Å². The van der Waals surface area contributed by atoms with Gasteiger partial charge in [0.2, 0.25) is 0 Å². The number of nitro groups is 1. The number of allylic oxidation sites excluding steroid dienone is 2. The molecule has 0 N–H and O–H groups in total. The number of nitro benzene ring substituents is 1. The molecule has 2 amide bonds. The molecule has 2 fully saturated rings. The van der Waals surface area contributed by atoms with Crippen molar-refractivity contribution in [3.05, 3.63) is 63.5 Å². The second kappa shape index (κ2) is 7.15. The predicted molar refractivity (Wildman–Crippen MR) is 116 cm³/mol. The molecule has 9 heteroatoms. The number of rotatable bonds is 5. The van der Waals surface area contributed by atoms with E-state index in [-0.39, 0.29) is 41.2 Å². The average molecular weight is 434 g/mol. The maximum atomic E-state index is 12.8. The number of carbonyl (C=O) groups is 2. The number of aryl methyl sites for hydroxylation is 1. The summed E-state index contributed by atoms with van der Waals surface area (Å²) in [5.41, 5.74) is 2.99. The summed E-state index contributed by atoms with van der Waals surface area (Å²) >= 11 is 0. The number of methoxy groups -OCH3 is 1. The molecule has 2 bridgehead atoms. The molecule has 2 heterocycles. The van der Waals surface area contributed by atoms with E-state index >= 15 is 0 Å². The molecule has 4 atom stereocenters. The van der Waals surface area contributed by atoms with Crippen molar-refractivity contribution in [1.82, 2.24) is 9.58 Å². The number of amides is 2. The monoisotopic (exact) mass is 434 g/mol. The number of hydrogen-bond acceptors (Lipinski definition) is 6. The molecule has 0 radical (unpaired) electrons. The largest absolute Gasteiger partial charge is 0.494 e. The fourth-order valence-electron chi connectivity index (χ4n) is 5.37. The van der Waals surface area contributed by atoms with Gasteiger partial charge in [-0.3, -0.25) is 19.7 Å². The van der Waals surface area contributed by atoms with Crippen LogP contribution in [0.2, 0.25) is 0 Å². The smallest absolute Gasteiger partial charge is 0.273 e. The number of carbonyl (C=O) groups excluding carboxylic acids is 2. The quantitative estimate of drug-likeness (QED) is 0.236. The molecule has 9 nitrogen and oxygen atoms in total. The molecule has 164 valence electrons. The molecule has 2 aliphatic carbocycles. The maximum Gasteiger partial charge on any atom is 0.273 e. The highest BCUT2D eigenvalue weighted by Gasteiger charge is 2.59. The minimum absolute atomic E-state index is 0.0603. The second-order valence-electron chi connectivity index (χ2n) is 8.51. The van der Waals surface area contributed by atoms with Crippen molar-refractivity contribution in [1.29, 1.82) is 0 Å². The summed E-state index contributed by atoms with van der Waals surface area (Å²) in [5, 5.41) is 16.4. The molecule has 2 aromatic rings. The predicted octanol–water partition coefficient (Wildman–Crippen LogP) is 3.15. The van der Waals surface area contributed by atoms with Crippen LogP contribution in [0.15, 0.2) is 41.5 Å². The lowest BCUT2D eigenvalue weighted by Gasteiger charge is -2.14. The van der Waals surface area contributed by atoms with Gasteiger partial charge in [-0.05, 0) is 44.2 Å². The van der Waals surface area contributed by atoms with Gasteiger partial charge in [-0.15, -0.1) is 0 Å². The van der Waals surface area contributed by atoms with E-state index in [1.807, 2.05) is 24.5 Å². The summed E-state index contributed by atoms with van der Waals surface area (Å²) in [6, 6.07) is 6.32. The van der Waals surface area contributed by atoms with Crippen molar-refractivity contribution in [3.63, 3.8) is 0 Å². The Bertz CT molecular complexity index is 1200. The molecule has 1 saturated carbocycles. The summed E-state index contributed by atoms with van der Waals surface area (Å²) in [5.74, 6) is -0.372. The van der Waals surface area contributed by atoms with Crippen LogP contribution in [0.5, 0.6) is 5.75 Å². The fourth-order valence-corrected chi connectivity index (χ4v) is 5.37. The molecular weight excluding hydrogens is 412 g/mol. The Kier molecular flexibility index (Phi) is 4.51. The first-order chi connectivity index (χ1) is 15.3. The lowest BCUT2D eigenvalue weighted by molar-refractivity contribution is -0.384. The fraction of sp³-hybridized carbons (Fsp3) is 0.348. The van der Waals surface area contributed by atoms with E-state index in [0.29, 0.717) is 11.4 Å². The number of aromatic nitrogens is 1. The number of benzene rings is 1. The van der Waals surface area contributed by atoms with Crippen LogP contribution in [0, 0.1) is 47.6 Å². The number of imide groups is 1. The number of nitrogens with zero attached hydrogens (tertiary/aromatic N) is 4. The van der Waals surface area contributed by atoms with Crippen molar-refractivity contribution >= 4 is 23.7 Å². The van der Waals surface area contributed by atoms with Gasteiger partial charge in [-0.1, -0.05) is 12.2 Å². The number of hydrazone groups is 1. The highest BCUT2D eigenvalue weighted by Crippen LogP contribution is 2.52. The van der Waals surface area contributed by atoms with Gasteiger partial charge in [0.25, 0.3) is 17.5 Å².